The standard InChI is InChI=1S/C114H83BN4/c1-113(2,3)80-66-96(76-40-29-38-74(62-76)72-32-9-7-10-33-72)112(97(67-80)77-41-30-39-75(63-77)73-34-11-8-12-35-73)119-107-71-83(117-104-56-27-23-50-92(104)93-51-24-28-57-105(93)117)59-61-101(107)115-100-60-58-82(116-102-54-25-21-48-90(102)91-49-22-26-55-103(91)116)70-106(100)118(108-68-81(114(4,5)6)69-109(119)110(108)115)111-94(98-64-78-36-13-15-42-84(78)86-44-17-19-46-88(86)98)52-31-53-95(111)99-65-79-37-14-16-43-85(79)87-45-18-20-47-89(87)99/h7-71H,1-6H3/i21D,22D,23D,24D,25D,26D,27D,28D,31D,48D,49D,50D,51D,52D,53D,54D,55D,56D,57D. The van der Waals surface area contributed by atoms with Gasteiger partial charge in [-0.3, -0.25) is 0 Å². The first-order valence-electron chi connectivity index (χ1n) is 49.8. The normalized spacial score (nSPS) is 15.0. The smallest absolute Gasteiger partial charge is 0.252 e. The Hall–Kier alpha value is -14.5. The first-order chi connectivity index (χ1) is 66.2. The van der Waals surface area contributed by atoms with Crippen LogP contribution < -0.4 is 26.2 Å². The third-order valence-corrected chi connectivity index (χ3v) is 24.4. The number of rotatable bonds is 10. The Morgan fingerprint density at radius 2 is 0.588 bits per heavy atom. The topological polar surface area (TPSA) is 16.3 Å². The minimum atomic E-state index is -0.982. The van der Waals surface area contributed by atoms with E-state index < -0.39 is 114 Å². The molecule has 23 rings (SSSR count). The van der Waals surface area contributed by atoms with Gasteiger partial charge in [-0.2, -0.15) is 0 Å². The van der Waals surface area contributed by atoms with Crippen LogP contribution in [0, 0.1) is 0 Å². The maximum Gasteiger partial charge on any atom is 0.252 e. The summed E-state index contributed by atoms with van der Waals surface area (Å²) in [5, 5.41) is 6.03. The maximum absolute atomic E-state index is 11.3. The van der Waals surface area contributed by atoms with E-state index in [1.54, 1.807) is 10.6 Å². The van der Waals surface area contributed by atoms with Crippen molar-refractivity contribution in [2.45, 2.75) is 52.4 Å². The zero-order chi connectivity index (χ0) is 96.1. The van der Waals surface area contributed by atoms with Crippen LogP contribution in [0.4, 0.5) is 34.1 Å². The summed E-state index contributed by atoms with van der Waals surface area (Å²) < 4.78 is 191. The van der Waals surface area contributed by atoms with Gasteiger partial charge in [-0.1, -0.05) is 338 Å². The first-order valence-corrected chi connectivity index (χ1v) is 40.3. The van der Waals surface area contributed by atoms with Crippen LogP contribution in [-0.4, -0.2) is 15.8 Å². The molecular formula is C114H83BN4. The zero-order valence-corrected chi connectivity index (χ0v) is 65.9. The largest absolute Gasteiger partial charge is 0.310 e. The van der Waals surface area contributed by atoms with Crippen LogP contribution in [0.1, 0.15) is 78.7 Å². The van der Waals surface area contributed by atoms with Crippen LogP contribution in [0.3, 0.4) is 0 Å². The van der Waals surface area contributed by atoms with Gasteiger partial charge in [0, 0.05) is 77.9 Å². The quantitative estimate of drug-likeness (QED) is 0.100. The minimum absolute atomic E-state index is 0.105. The summed E-state index contributed by atoms with van der Waals surface area (Å²) in [6.07, 6.45) is 0. The van der Waals surface area contributed by atoms with Gasteiger partial charge in [0.2, 0.25) is 0 Å². The third kappa shape index (κ3) is 11.1. The lowest BCUT2D eigenvalue weighted by molar-refractivity contribution is 0.590. The number of benzene rings is 19. The molecule has 562 valence electrons. The fourth-order valence-electron chi connectivity index (χ4n) is 18.8. The van der Waals surface area contributed by atoms with Gasteiger partial charge in [0.25, 0.3) is 6.71 Å². The highest BCUT2D eigenvalue weighted by Gasteiger charge is 2.47. The van der Waals surface area contributed by atoms with Gasteiger partial charge in [0.15, 0.2) is 0 Å². The molecule has 2 aliphatic heterocycles. The van der Waals surface area contributed by atoms with E-state index >= 15 is 0 Å². The average molecular weight is 1540 g/mol. The number of hydrogen-bond donors (Lipinski definition) is 0. The monoisotopic (exact) mass is 1540 g/mol. The van der Waals surface area contributed by atoms with Gasteiger partial charge in [-0.05, 0) is 223 Å². The lowest BCUT2D eigenvalue weighted by atomic mass is 9.33. The second kappa shape index (κ2) is 27.0. The van der Waals surface area contributed by atoms with Crippen molar-refractivity contribution < 1.29 is 26.0 Å². The van der Waals surface area contributed by atoms with Gasteiger partial charge in [0.1, 0.15) is 0 Å². The Bertz CT molecular complexity index is 8600. The van der Waals surface area contributed by atoms with Crippen molar-refractivity contribution in [3.05, 3.63) is 405 Å². The van der Waals surface area contributed by atoms with Crippen LogP contribution in [0.15, 0.2) is 394 Å². The number of anilines is 6. The molecule has 4 heterocycles. The lowest BCUT2D eigenvalue weighted by Gasteiger charge is -2.46. The Labute approximate surface area is 720 Å². The summed E-state index contributed by atoms with van der Waals surface area (Å²) >= 11 is 0. The van der Waals surface area contributed by atoms with Crippen molar-refractivity contribution in [1.82, 2.24) is 9.13 Å². The van der Waals surface area contributed by atoms with Crippen LogP contribution in [0.5, 0.6) is 0 Å². The second-order valence-corrected chi connectivity index (χ2v) is 33.3. The van der Waals surface area contributed by atoms with E-state index in [0.717, 1.165) is 98.7 Å². The second-order valence-electron chi connectivity index (χ2n) is 33.3. The molecule has 21 aromatic rings. The van der Waals surface area contributed by atoms with E-state index in [-0.39, 0.29) is 89.9 Å². The molecule has 0 unspecified atom stereocenters. The van der Waals surface area contributed by atoms with Crippen LogP contribution in [0.2, 0.25) is 0 Å². The average Bonchev–Trinajstić information content (AvgIpc) is 0.718. The van der Waals surface area contributed by atoms with E-state index in [9.17, 15) is 26.0 Å². The fraction of sp³-hybridized carbons (Fsp3) is 0.0702. The SMILES string of the molecule is [2H]c1c([2H])c(-c2cc3ccccc3c3ccccc23)c(N2c3cc(-n4c5c([2H])c([2H])c([2H])c([2H])c5c5c([2H])c([2H])c([2H])c([2H])c54)ccc3B3c4ccc(-n5c6c([2H])c([2H])c([2H])c([2H])c6c6c([2H])c([2H])c([2H])c([2H])c65)cc4N(c4c(-c5cccc(-c6ccccc6)c5)cc(C(C)(C)C)cc4-c4cccc(-c5ccccc5)c4)c4cc(C(C)(C)C)cc2c43)c(-c2cc3ccccc3c3ccccc23)c1[2H]. The van der Waals surface area contributed by atoms with Crippen molar-refractivity contribution in [2.24, 2.45) is 0 Å². The number of nitrogens with zero attached hydrogens (tertiary/aromatic N) is 4. The van der Waals surface area contributed by atoms with Crippen LogP contribution in [-0.2, 0) is 10.8 Å². The van der Waals surface area contributed by atoms with Gasteiger partial charge in [0.05, 0.1) is 59.5 Å². The molecule has 0 N–H and O–H groups in total. The molecule has 2 aliphatic rings. The molecule has 0 aliphatic carbocycles. The molecule has 0 fully saturated rings. The van der Waals surface area contributed by atoms with E-state index in [4.69, 9.17) is 0 Å². The third-order valence-electron chi connectivity index (χ3n) is 24.4. The highest BCUT2D eigenvalue weighted by molar-refractivity contribution is 7.00. The number of fused-ring (bicyclic) bond motifs is 16. The molecular weight excluding hydrogens is 1440 g/mol. The van der Waals surface area contributed by atoms with E-state index in [1.165, 1.54) is 4.57 Å². The Morgan fingerprint density at radius 1 is 0.244 bits per heavy atom. The summed E-state index contributed by atoms with van der Waals surface area (Å²) in [6, 6.07) is 83.9. The van der Waals surface area contributed by atoms with Gasteiger partial charge in [-0.25, -0.2) is 0 Å². The summed E-state index contributed by atoms with van der Waals surface area (Å²) in [4.78, 5) is 4.43. The fourth-order valence-corrected chi connectivity index (χ4v) is 18.8. The van der Waals surface area contributed by atoms with Crippen molar-refractivity contribution in [2.75, 3.05) is 9.80 Å². The number of para-hydroxylation sites is 5. The minimum Gasteiger partial charge on any atom is -0.310 e. The summed E-state index contributed by atoms with van der Waals surface area (Å²) in [6.45, 7) is 12.0. The molecule has 0 saturated heterocycles. The molecule has 19 aromatic carbocycles. The van der Waals surface area contributed by atoms with Gasteiger partial charge < -0.3 is 18.9 Å². The predicted octanol–water partition coefficient (Wildman–Crippen LogP) is 29.2. The lowest BCUT2D eigenvalue weighted by Crippen LogP contribution is -2.61. The van der Waals surface area contributed by atoms with Crippen LogP contribution in [0.25, 0.3) is 165 Å². The van der Waals surface area contributed by atoms with Crippen LogP contribution >= 0.6 is 0 Å². The van der Waals surface area contributed by atoms with Crippen molar-refractivity contribution in [3.8, 4) is 78.1 Å². The Morgan fingerprint density at radius 3 is 1.00 bits per heavy atom. The highest BCUT2D eigenvalue weighted by atomic mass is 15.2. The van der Waals surface area contributed by atoms with Crippen molar-refractivity contribution >= 4 is 144 Å². The molecule has 0 bridgehead atoms. The highest BCUT2D eigenvalue weighted by Crippen LogP contribution is 2.57. The molecule has 5 heteroatoms. The predicted molar refractivity (Wildman–Crippen MR) is 509 cm³/mol. The van der Waals surface area contributed by atoms with Crippen molar-refractivity contribution in [3.63, 3.8) is 0 Å². The van der Waals surface area contributed by atoms with Gasteiger partial charge >= 0.3 is 0 Å². The van der Waals surface area contributed by atoms with Gasteiger partial charge in [-0.15, -0.1) is 0 Å². The molecule has 0 atom stereocenters. The van der Waals surface area contributed by atoms with E-state index in [0.29, 0.717) is 56.0 Å². The Kier molecular flexibility index (Phi) is 12.0. The number of hydrogen-bond acceptors (Lipinski definition) is 2. The zero-order valence-electron chi connectivity index (χ0n) is 84.9. The number of aromatic nitrogens is 2. The molecule has 0 amide bonds. The summed E-state index contributed by atoms with van der Waals surface area (Å²) in [7, 11) is 0. The first kappa shape index (κ1) is 52.9. The molecule has 4 nitrogen and oxygen atoms in total. The molecule has 0 saturated carbocycles. The van der Waals surface area contributed by atoms with E-state index in [1.807, 2.05) is 140 Å². The van der Waals surface area contributed by atoms with Crippen molar-refractivity contribution in [1.29, 1.82) is 0 Å². The molecule has 0 radical (unpaired) electrons. The molecule has 119 heavy (non-hydrogen) atoms. The maximum atomic E-state index is 11.3. The summed E-state index contributed by atoms with van der Waals surface area (Å²) in [5.74, 6) is 0. The summed E-state index contributed by atoms with van der Waals surface area (Å²) in [5.41, 5.74) is 13.5. The molecule has 0 spiro atoms. The van der Waals surface area contributed by atoms with E-state index in [2.05, 4.69) is 185 Å². The Balaban J connectivity index is 0.964. The molecule has 2 aromatic heterocycles.